The van der Waals surface area contributed by atoms with Crippen molar-refractivity contribution in [1.29, 1.82) is 0 Å². The summed E-state index contributed by atoms with van der Waals surface area (Å²) in [5.41, 5.74) is 3.40. The monoisotopic (exact) mass is 416 g/mol. The van der Waals surface area contributed by atoms with Crippen LogP contribution in [0.3, 0.4) is 0 Å². The Labute approximate surface area is 181 Å². The van der Waals surface area contributed by atoms with Gasteiger partial charge in [-0.15, -0.1) is 0 Å². The van der Waals surface area contributed by atoms with Crippen LogP contribution in [0.5, 0.6) is 0 Å². The molecule has 0 fully saturated rings. The predicted octanol–water partition coefficient (Wildman–Crippen LogP) is 3.96. The van der Waals surface area contributed by atoms with Gasteiger partial charge in [-0.2, -0.15) is 0 Å². The number of amides is 1. The van der Waals surface area contributed by atoms with E-state index in [2.05, 4.69) is 20.6 Å². The fourth-order valence-electron chi connectivity index (χ4n) is 2.77. The first-order valence-electron chi connectivity index (χ1n) is 9.91. The molecule has 0 saturated heterocycles. The van der Waals surface area contributed by atoms with Crippen molar-refractivity contribution in [3.8, 4) is 0 Å². The molecular formula is C24H24N4O3. The lowest BCUT2D eigenvalue weighted by atomic mass is 10.1. The molecule has 0 aliphatic rings. The zero-order chi connectivity index (χ0) is 22.1. The van der Waals surface area contributed by atoms with Gasteiger partial charge in [-0.25, -0.2) is 9.79 Å². The summed E-state index contributed by atoms with van der Waals surface area (Å²) in [4.78, 5) is 33.3. The standard InChI is InChI=1S/C24H24N4O3/c1-3-31-23(30)18-10-12-20(13-11-18)27-24(26-16-21-9-4-5-14-25-21)28-22(29)19-8-6-7-17(2)15-19/h4-15H,3,16H2,1-2H3,(H2,26,27,28,29). The molecular weight excluding hydrogens is 392 g/mol. The van der Waals surface area contributed by atoms with Crippen molar-refractivity contribution in [2.45, 2.75) is 20.4 Å². The summed E-state index contributed by atoms with van der Waals surface area (Å²) >= 11 is 0. The first-order valence-corrected chi connectivity index (χ1v) is 9.91. The molecule has 7 heteroatoms. The summed E-state index contributed by atoms with van der Waals surface area (Å²) in [7, 11) is 0. The van der Waals surface area contributed by atoms with Crippen LogP contribution < -0.4 is 10.6 Å². The van der Waals surface area contributed by atoms with Gasteiger partial charge >= 0.3 is 5.97 Å². The largest absolute Gasteiger partial charge is 0.462 e. The number of pyridine rings is 1. The highest BCUT2D eigenvalue weighted by Gasteiger charge is 2.11. The molecule has 0 unspecified atom stereocenters. The van der Waals surface area contributed by atoms with Gasteiger partial charge in [0, 0.05) is 17.4 Å². The van der Waals surface area contributed by atoms with Crippen LogP contribution >= 0.6 is 0 Å². The van der Waals surface area contributed by atoms with E-state index >= 15 is 0 Å². The number of aromatic nitrogens is 1. The summed E-state index contributed by atoms with van der Waals surface area (Å²) in [5.74, 6) is -0.383. The average molecular weight is 416 g/mol. The Kier molecular flexibility index (Phi) is 7.48. The Hall–Kier alpha value is -4.00. The van der Waals surface area contributed by atoms with Gasteiger partial charge < -0.3 is 10.1 Å². The Morgan fingerprint density at radius 2 is 1.81 bits per heavy atom. The predicted molar refractivity (Wildman–Crippen MR) is 120 cm³/mol. The number of aliphatic imine (C=N–C) groups is 1. The number of aryl methyl sites for hydroxylation is 1. The van der Waals surface area contributed by atoms with Crippen LogP contribution in [0.1, 0.15) is 38.9 Å². The maximum atomic E-state index is 12.7. The number of anilines is 1. The van der Waals surface area contributed by atoms with Crippen molar-refractivity contribution in [3.63, 3.8) is 0 Å². The molecule has 1 amide bonds. The number of rotatable bonds is 6. The maximum absolute atomic E-state index is 12.7. The summed E-state index contributed by atoms with van der Waals surface area (Å²) in [5, 5.41) is 5.92. The lowest BCUT2D eigenvalue weighted by molar-refractivity contribution is 0.0526. The lowest BCUT2D eigenvalue weighted by Crippen LogP contribution is -2.36. The molecule has 1 aromatic heterocycles. The highest BCUT2D eigenvalue weighted by atomic mass is 16.5. The Morgan fingerprint density at radius 1 is 1.00 bits per heavy atom. The quantitative estimate of drug-likeness (QED) is 0.360. The van der Waals surface area contributed by atoms with E-state index in [0.717, 1.165) is 11.3 Å². The van der Waals surface area contributed by atoms with Gasteiger partial charge in [0.15, 0.2) is 0 Å². The second kappa shape index (κ2) is 10.7. The molecule has 0 saturated carbocycles. The smallest absolute Gasteiger partial charge is 0.338 e. The minimum absolute atomic E-state index is 0.279. The fraction of sp³-hybridized carbons (Fsp3) is 0.167. The van der Waals surface area contributed by atoms with E-state index in [-0.39, 0.29) is 24.4 Å². The van der Waals surface area contributed by atoms with E-state index in [4.69, 9.17) is 4.74 Å². The molecule has 1 heterocycles. The zero-order valence-corrected chi connectivity index (χ0v) is 17.5. The second-order valence-electron chi connectivity index (χ2n) is 6.73. The van der Waals surface area contributed by atoms with Crippen molar-refractivity contribution >= 4 is 23.5 Å². The molecule has 3 aromatic rings. The van der Waals surface area contributed by atoms with Crippen LogP contribution in [0, 0.1) is 6.92 Å². The van der Waals surface area contributed by atoms with Crippen LogP contribution in [-0.4, -0.2) is 29.4 Å². The third-order valence-corrected chi connectivity index (χ3v) is 4.30. The number of carbonyl (C=O) groups is 2. The molecule has 0 atom stereocenters. The van der Waals surface area contributed by atoms with Gasteiger partial charge in [0.25, 0.3) is 5.91 Å². The Bertz CT molecular complexity index is 1060. The SMILES string of the molecule is CCOC(=O)c1ccc(NC(=NCc2ccccn2)NC(=O)c2cccc(C)c2)cc1. The molecule has 2 N–H and O–H groups in total. The first kappa shape index (κ1) is 21.7. The lowest BCUT2D eigenvalue weighted by Gasteiger charge is -2.12. The van der Waals surface area contributed by atoms with Crippen LogP contribution in [0.25, 0.3) is 0 Å². The van der Waals surface area contributed by atoms with E-state index < -0.39 is 0 Å². The third-order valence-electron chi connectivity index (χ3n) is 4.30. The van der Waals surface area contributed by atoms with E-state index in [0.29, 0.717) is 23.4 Å². The van der Waals surface area contributed by atoms with Gasteiger partial charge in [-0.3, -0.25) is 15.1 Å². The Balaban J connectivity index is 1.78. The number of nitrogens with one attached hydrogen (secondary N) is 2. The highest BCUT2D eigenvalue weighted by molar-refractivity contribution is 6.10. The number of guanidine groups is 1. The van der Waals surface area contributed by atoms with Gasteiger partial charge in [-0.1, -0.05) is 23.8 Å². The number of hydrogen-bond donors (Lipinski definition) is 2. The summed E-state index contributed by atoms with van der Waals surface area (Å²) in [6.07, 6.45) is 1.69. The molecule has 7 nitrogen and oxygen atoms in total. The fourth-order valence-corrected chi connectivity index (χ4v) is 2.77. The number of ether oxygens (including phenoxy) is 1. The first-order chi connectivity index (χ1) is 15.0. The average Bonchev–Trinajstić information content (AvgIpc) is 2.79. The maximum Gasteiger partial charge on any atom is 0.338 e. The number of hydrogen-bond acceptors (Lipinski definition) is 5. The van der Waals surface area contributed by atoms with Crippen molar-refractivity contribution < 1.29 is 14.3 Å². The number of benzene rings is 2. The zero-order valence-electron chi connectivity index (χ0n) is 17.5. The minimum atomic E-state index is -0.383. The van der Waals surface area contributed by atoms with Crippen molar-refractivity contribution in [2.24, 2.45) is 4.99 Å². The summed E-state index contributed by atoms with van der Waals surface area (Å²) in [6.45, 7) is 4.29. The Morgan fingerprint density at radius 3 is 2.48 bits per heavy atom. The number of carbonyl (C=O) groups excluding carboxylic acids is 2. The van der Waals surface area contributed by atoms with Crippen molar-refractivity contribution in [2.75, 3.05) is 11.9 Å². The topological polar surface area (TPSA) is 92.7 Å². The van der Waals surface area contributed by atoms with Gasteiger partial charge in [0.05, 0.1) is 24.4 Å². The van der Waals surface area contributed by atoms with E-state index in [1.165, 1.54) is 0 Å². The molecule has 0 aliphatic heterocycles. The van der Waals surface area contributed by atoms with Crippen LogP contribution in [0.15, 0.2) is 77.9 Å². The molecule has 31 heavy (non-hydrogen) atoms. The van der Waals surface area contributed by atoms with Crippen LogP contribution in [0.2, 0.25) is 0 Å². The molecule has 3 rings (SSSR count). The number of esters is 1. The van der Waals surface area contributed by atoms with E-state index in [9.17, 15) is 9.59 Å². The molecule has 0 bridgehead atoms. The molecule has 0 spiro atoms. The van der Waals surface area contributed by atoms with Crippen molar-refractivity contribution in [3.05, 3.63) is 95.3 Å². The minimum Gasteiger partial charge on any atom is -0.462 e. The van der Waals surface area contributed by atoms with Gasteiger partial charge in [-0.05, 0) is 62.4 Å². The molecule has 158 valence electrons. The van der Waals surface area contributed by atoms with Crippen LogP contribution in [0.4, 0.5) is 5.69 Å². The van der Waals surface area contributed by atoms with Crippen LogP contribution in [-0.2, 0) is 11.3 Å². The second-order valence-corrected chi connectivity index (χ2v) is 6.73. The molecule has 0 radical (unpaired) electrons. The van der Waals surface area contributed by atoms with Gasteiger partial charge in [0.2, 0.25) is 5.96 Å². The third kappa shape index (κ3) is 6.50. The number of nitrogens with zero attached hydrogens (tertiary/aromatic N) is 2. The van der Waals surface area contributed by atoms with Crippen molar-refractivity contribution in [1.82, 2.24) is 10.3 Å². The summed E-state index contributed by atoms with van der Waals surface area (Å²) in [6, 6.07) is 19.6. The molecule has 0 aliphatic carbocycles. The van der Waals surface area contributed by atoms with Gasteiger partial charge in [0.1, 0.15) is 0 Å². The summed E-state index contributed by atoms with van der Waals surface area (Å²) < 4.78 is 5.00. The van der Waals surface area contributed by atoms with E-state index in [1.54, 1.807) is 49.5 Å². The van der Waals surface area contributed by atoms with E-state index in [1.807, 2.05) is 37.3 Å². The normalized spacial score (nSPS) is 11.0. The molecule has 2 aromatic carbocycles. The highest BCUT2D eigenvalue weighted by Crippen LogP contribution is 2.11.